The second-order valence-corrected chi connectivity index (χ2v) is 9.39. The van der Waals surface area contributed by atoms with Crippen LogP contribution in [0.2, 0.25) is 0 Å². The average Bonchev–Trinajstić information content (AvgIpc) is 3.26. The molecule has 0 amide bonds. The molecular weight excluding hydrogens is 484 g/mol. The van der Waals surface area contributed by atoms with E-state index in [9.17, 15) is 14.7 Å². The van der Waals surface area contributed by atoms with Gasteiger partial charge < -0.3 is 39.6 Å². The lowest BCUT2D eigenvalue weighted by atomic mass is 9.86. The summed E-state index contributed by atoms with van der Waals surface area (Å²) in [4.78, 5) is 29.9. The van der Waals surface area contributed by atoms with Gasteiger partial charge in [-0.25, -0.2) is 9.78 Å². The number of aliphatic hydroxyl groups is 5. The SMILES string of the molecule is CC[C@@]1(O)C(=O)OCc2c1cc1n(c2=O)Cc2cc3ccccc3nc2-1.OC[C@H]1OC[C@H](O)[C@@H](O)[C@@H]1O. The molecule has 3 aliphatic rings. The molecule has 11 heteroatoms. The molecule has 2 aromatic heterocycles. The van der Waals surface area contributed by atoms with E-state index in [0.717, 1.165) is 22.2 Å². The van der Waals surface area contributed by atoms with E-state index in [4.69, 9.17) is 34.9 Å². The first-order chi connectivity index (χ1) is 17.7. The Morgan fingerprint density at radius 1 is 1.14 bits per heavy atom. The number of cyclic esters (lactones) is 1. The van der Waals surface area contributed by atoms with Crippen LogP contribution in [0.25, 0.3) is 22.3 Å². The number of aromatic nitrogens is 2. The predicted octanol–water partition coefficient (Wildman–Crippen LogP) is -0.460. The van der Waals surface area contributed by atoms with Gasteiger partial charge in [0.1, 0.15) is 31.0 Å². The summed E-state index contributed by atoms with van der Waals surface area (Å²) in [5.41, 5.74) is 1.81. The summed E-state index contributed by atoms with van der Waals surface area (Å²) in [5.74, 6) is -0.707. The first-order valence-electron chi connectivity index (χ1n) is 12.0. The number of hydrogen-bond acceptors (Lipinski definition) is 10. The number of rotatable bonds is 2. The van der Waals surface area contributed by atoms with Gasteiger partial charge in [0, 0.05) is 16.5 Å². The number of fused-ring (bicyclic) bond motifs is 5. The fraction of sp³-hybridized carbons (Fsp3) is 0.423. The first-order valence-corrected chi connectivity index (χ1v) is 12.0. The Morgan fingerprint density at radius 3 is 2.62 bits per heavy atom. The lowest BCUT2D eigenvalue weighted by Crippen LogP contribution is -2.53. The molecule has 196 valence electrons. The lowest BCUT2D eigenvalue weighted by molar-refractivity contribution is -0.195. The predicted molar refractivity (Wildman–Crippen MR) is 129 cm³/mol. The molecule has 11 nitrogen and oxygen atoms in total. The van der Waals surface area contributed by atoms with E-state index >= 15 is 0 Å². The fourth-order valence-electron chi connectivity index (χ4n) is 4.95. The maximum absolute atomic E-state index is 13.0. The van der Waals surface area contributed by atoms with Crippen LogP contribution in [0.15, 0.2) is 41.2 Å². The number of ether oxygens (including phenoxy) is 2. The molecule has 37 heavy (non-hydrogen) atoms. The Morgan fingerprint density at radius 2 is 1.89 bits per heavy atom. The average molecular weight is 513 g/mol. The molecular formula is C26H28N2O9. The monoisotopic (exact) mass is 512 g/mol. The Hall–Kier alpha value is -3.19. The molecule has 0 unspecified atom stereocenters. The zero-order valence-corrected chi connectivity index (χ0v) is 20.1. The Labute approximate surface area is 211 Å². The summed E-state index contributed by atoms with van der Waals surface area (Å²) in [6.07, 6.45) is -4.13. The number of carbonyl (C=O) groups is 1. The topological polar surface area (TPSA) is 172 Å². The van der Waals surface area contributed by atoms with Crippen molar-refractivity contribution in [2.45, 2.75) is 56.5 Å². The molecule has 0 aliphatic carbocycles. The number of esters is 1. The van der Waals surface area contributed by atoms with E-state index in [1.165, 1.54) is 0 Å². The van der Waals surface area contributed by atoms with Crippen LogP contribution >= 0.6 is 0 Å². The van der Waals surface area contributed by atoms with Crippen molar-refractivity contribution in [3.8, 4) is 11.4 Å². The second-order valence-electron chi connectivity index (χ2n) is 9.39. The van der Waals surface area contributed by atoms with Crippen molar-refractivity contribution in [2.24, 2.45) is 0 Å². The minimum Gasteiger partial charge on any atom is -0.458 e. The van der Waals surface area contributed by atoms with Crippen LogP contribution in [0.4, 0.5) is 0 Å². The van der Waals surface area contributed by atoms with Crippen LogP contribution < -0.4 is 5.56 Å². The van der Waals surface area contributed by atoms with Gasteiger partial charge in [0.05, 0.1) is 42.2 Å². The highest BCUT2D eigenvalue weighted by molar-refractivity contribution is 5.86. The molecule has 1 fully saturated rings. The quantitative estimate of drug-likeness (QED) is 0.221. The summed E-state index contributed by atoms with van der Waals surface area (Å²) >= 11 is 0. The molecule has 5 atom stereocenters. The zero-order valence-electron chi connectivity index (χ0n) is 20.1. The van der Waals surface area contributed by atoms with Crippen molar-refractivity contribution in [3.63, 3.8) is 0 Å². The molecule has 0 bridgehead atoms. The van der Waals surface area contributed by atoms with Gasteiger partial charge in [-0.05, 0) is 24.6 Å². The van der Waals surface area contributed by atoms with Gasteiger partial charge in [0.25, 0.3) is 5.56 Å². The van der Waals surface area contributed by atoms with Gasteiger partial charge in [0.2, 0.25) is 0 Å². The number of benzene rings is 1. The third kappa shape index (κ3) is 4.13. The summed E-state index contributed by atoms with van der Waals surface area (Å²) < 4.78 is 11.5. The minimum atomic E-state index is -1.79. The molecule has 3 aromatic rings. The van der Waals surface area contributed by atoms with E-state index in [2.05, 4.69) is 0 Å². The Bertz CT molecular complexity index is 1420. The van der Waals surface area contributed by atoms with Crippen LogP contribution in [0, 0.1) is 0 Å². The van der Waals surface area contributed by atoms with Crippen LogP contribution in [-0.4, -0.2) is 78.7 Å². The van der Waals surface area contributed by atoms with E-state index in [1.807, 2.05) is 30.3 Å². The van der Waals surface area contributed by atoms with Crippen molar-refractivity contribution in [3.05, 3.63) is 63.4 Å². The van der Waals surface area contributed by atoms with Crippen LogP contribution in [-0.2, 0) is 33.0 Å². The summed E-state index contributed by atoms with van der Waals surface area (Å²) in [6.45, 7) is 1.60. The molecule has 1 aromatic carbocycles. The summed E-state index contributed by atoms with van der Waals surface area (Å²) in [5, 5.41) is 47.5. The lowest BCUT2D eigenvalue weighted by Gasteiger charge is -2.34. The first kappa shape index (κ1) is 25.5. The Kier molecular flexibility index (Phi) is 6.61. The van der Waals surface area contributed by atoms with Crippen molar-refractivity contribution in [1.29, 1.82) is 0 Å². The molecule has 0 radical (unpaired) electrons. The number of pyridine rings is 2. The van der Waals surface area contributed by atoms with Gasteiger partial charge in [0.15, 0.2) is 5.60 Å². The minimum absolute atomic E-state index is 0.0521. The Balaban J connectivity index is 0.000000215. The van der Waals surface area contributed by atoms with Gasteiger partial charge in [-0.1, -0.05) is 25.1 Å². The van der Waals surface area contributed by atoms with Crippen molar-refractivity contribution < 1.29 is 39.8 Å². The molecule has 1 saturated heterocycles. The number of aliphatic hydroxyl groups excluding tert-OH is 4. The van der Waals surface area contributed by atoms with Crippen LogP contribution in [0.5, 0.6) is 0 Å². The van der Waals surface area contributed by atoms with Crippen molar-refractivity contribution in [2.75, 3.05) is 13.2 Å². The largest absolute Gasteiger partial charge is 0.458 e. The third-order valence-corrected chi connectivity index (χ3v) is 7.20. The smallest absolute Gasteiger partial charge is 0.343 e. The molecule has 5 N–H and O–H groups in total. The highest BCUT2D eigenvalue weighted by Crippen LogP contribution is 2.38. The van der Waals surface area contributed by atoms with Crippen molar-refractivity contribution in [1.82, 2.24) is 9.55 Å². The van der Waals surface area contributed by atoms with E-state index in [-0.39, 0.29) is 31.8 Å². The van der Waals surface area contributed by atoms with E-state index in [1.54, 1.807) is 17.6 Å². The maximum Gasteiger partial charge on any atom is 0.343 e. The number of para-hydroxylation sites is 1. The standard InChI is InChI=1S/C20H16N2O4.C6H12O5/c1-2-20(25)14-8-16-17-12(7-11-5-3-4-6-15(11)21-17)9-22(16)18(23)13(14)10-26-19(20)24;7-1-4-6(10)5(9)3(8)2-11-4/h3-8,25H,2,9-10H2,1H3;3-10H,1-2H2/t20-;3-,4+,5+,6+/m00/s1. The molecule has 5 heterocycles. The van der Waals surface area contributed by atoms with Gasteiger partial charge >= 0.3 is 5.97 Å². The highest BCUT2D eigenvalue weighted by Gasteiger charge is 2.45. The number of nitrogens with zero attached hydrogens (tertiary/aromatic N) is 2. The zero-order chi connectivity index (χ0) is 26.5. The molecule has 3 aliphatic heterocycles. The van der Waals surface area contributed by atoms with Gasteiger partial charge in [-0.2, -0.15) is 0 Å². The third-order valence-electron chi connectivity index (χ3n) is 7.20. The second kappa shape index (κ2) is 9.60. The van der Waals surface area contributed by atoms with Crippen molar-refractivity contribution >= 4 is 16.9 Å². The molecule has 0 spiro atoms. The molecule has 0 saturated carbocycles. The van der Waals surface area contributed by atoms with Crippen LogP contribution in [0.3, 0.4) is 0 Å². The fourth-order valence-corrected chi connectivity index (χ4v) is 4.95. The van der Waals surface area contributed by atoms with Gasteiger partial charge in [-0.15, -0.1) is 0 Å². The number of carbonyl (C=O) groups excluding carboxylic acids is 1. The van der Waals surface area contributed by atoms with Gasteiger partial charge in [-0.3, -0.25) is 4.79 Å². The number of hydrogen-bond donors (Lipinski definition) is 5. The van der Waals surface area contributed by atoms with E-state index < -0.39 is 36.0 Å². The maximum atomic E-state index is 13.0. The normalized spacial score (nSPS) is 28.0. The van der Waals surface area contributed by atoms with E-state index in [0.29, 0.717) is 23.4 Å². The summed E-state index contributed by atoms with van der Waals surface area (Å²) in [7, 11) is 0. The van der Waals surface area contributed by atoms with Crippen LogP contribution in [0.1, 0.15) is 30.0 Å². The highest BCUT2D eigenvalue weighted by atomic mass is 16.6. The molecule has 6 rings (SSSR count). The summed E-state index contributed by atoms with van der Waals surface area (Å²) in [6, 6.07) is 11.6.